The lowest BCUT2D eigenvalue weighted by Gasteiger charge is -2.30. The Morgan fingerprint density at radius 2 is 1.37 bits per heavy atom. The molecule has 30 heavy (non-hydrogen) atoms. The molecule has 0 spiro atoms. The van der Waals surface area contributed by atoms with Crippen molar-refractivity contribution in [2.45, 2.75) is 12.8 Å². The predicted octanol–water partition coefficient (Wildman–Crippen LogP) is 4.12. The number of carboxylic acid groups (broad SMARTS) is 1. The summed E-state index contributed by atoms with van der Waals surface area (Å²) in [4.78, 5) is 12.8. The molecule has 1 aliphatic heterocycles. The number of carboxylic acids is 1. The lowest BCUT2D eigenvalue weighted by atomic mass is 9.88. The van der Waals surface area contributed by atoms with Gasteiger partial charge >= 0.3 is 5.97 Å². The molecular weight excluding hydrogens is 402 g/mol. The van der Waals surface area contributed by atoms with E-state index in [1.807, 2.05) is 0 Å². The van der Waals surface area contributed by atoms with Crippen molar-refractivity contribution in [2.75, 3.05) is 46.1 Å². The zero-order chi connectivity index (χ0) is 20.3. The highest BCUT2D eigenvalue weighted by Crippen LogP contribution is 2.32. The van der Waals surface area contributed by atoms with Gasteiger partial charge in [0, 0.05) is 19.6 Å². The molecule has 2 aromatic rings. The second kappa shape index (κ2) is 13.2. The molecule has 0 bridgehead atoms. The molecule has 0 atom stereocenters. The van der Waals surface area contributed by atoms with Crippen LogP contribution in [-0.2, 0) is 14.3 Å². The van der Waals surface area contributed by atoms with Crippen LogP contribution in [-0.4, -0.2) is 62.0 Å². The van der Waals surface area contributed by atoms with E-state index in [0.29, 0.717) is 19.8 Å². The second-order valence-corrected chi connectivity index (χ2v) is 7.11. The largest absolute Gasteiger partial charge is 0.480 e. The summed E-state index contributed by atoms with van der Waals surface area (Å²) in [6.45, 7) is 4.05. The summed E-state index contributed by atoms with van der Waals surface area (Å²) >= 11 is 0. The average Bonchev–Trinajstić information content (AvgIpc) is 2.76. The maximum Gasteiger partial charge on any atom is 0.329 e. The quantitative estimate of drug-likeness (QED) is 0.573. The Hall–Kier alpha value is -2.18. The molecule has 5 nitrogen and oxygen atoms in total. The molecule has 2 aromatic carbocycles. The number of hydrogen-bond donors (Lipinski definition) is 1. The predicted molar refractivity (Wildman–Crippen MR) is 121 cm³/mol. The van der Waals surface area contributed by atoms with Gasteiger partial charge in [0.25, 0.3) is 0 Å². The minimum absolute atomic E-state index is 0. The number of rotatable bonds is 10. The van der Waals surface area contributed by atoms with Crippen LogP contribution in [0.2, 0.25) is 0 Å². The molecule has 0 amide bonds. The number of hydrogen-bond acceptors (Lipinski definition) is 4. The molecule has 1 N–H and O–H groups in total. The van der Waals surface area contributed by atoms with Gasteiger partial charge in [-0.3, -0.25) is 0 Å². The summed E-state index contributed by atoms with van der Waals surface area (Å²) in [5.74, 6) is -0.951. The Bertz CT molecular complexity index is 744. The monoisotopic (exact) mass is 431 g/mol. The lowest BCUT2D eigenvalue weighted by Crippen LogP contribution is -2.34. The van der Waals surface area contributed by atoms with E-state index in [9.17, 15) is 4.79 Å². The average molecular weight is 432 g/mol. The van der Waals surface area contributed by atoms with E-state index >= 15 is 0 Å². The van der Waals surface area contributed by atoms with Gasteiger partial charge in [0.1, 0.15) is 6.61 Å². The smallest absolute Gasteiger partial charge is 0.329 e. The molecule has 1 saturated heterocycles. The van der Waals surface area contributed by atoms with Gasteiger partial charge in [0.05, 0.1) is 19.8 Å². The van der Waals surface area contributed by atoms with Gasteiger partial charge in [-0.15, -0.1) is 12.4 Å². The summed E-state index contributed by atoms with van der Waals surface area (Å²) in [6, 6.07) is 21.3. The fourth-order valence-corrected chi connectivity index (χ4v) is 3.65. The van der Waals surface area contributed by atoms with Crippen LogP contribution in [0.1, 0.15) is 24.0 Å². The van der Waals surface area contributed by atoms with Crippen molar-refractivity contribution in [3.63, 3.8) is 0 Å². The Morgan fingerprint density at radius 1 is 0.833 bits per heavy atom. The third kappa shape index (κ3) is 7.58. The van der Waals surface area contributed by atoms with E-state index < -0.39 is 5.97 Å². The maximum absolute atomic E-state index is 10.4. The van der Waals surface area contributed by atoms with E-state index in [1.54, 1.807) is 0 Å². The van der Waals surface area contributed by atoms with E-state index in [0.717, 1.165) is 32.5 Å². The number of aliphatic carboxylic acids is 1. The van der Waals surface area contributed by atoms with Crippen molar-refractivity contribution in [1.29, 1.82) is 0 Å². The van der Waals surface area contributed by atoms with Gasteiger partial charge < -0.3 is 19.5 Å². The lowest BCUT2D eigenvalue weighted by molar-refractivity contribution is -0.142. The van der Waals surface area contributed by atoms with Gasteiger partial charge in [0.2, 0.25) is 0 Å². The maximum atomic E-state index is 10.4. The van der Waals surface area contributed by atoms with Gasteiger partial charge in [-0.05, 0) is 29.5 Å². The first-order chi connectivity index (χ1) is 14.2. The van der Waals surface area contributed by atoms with Crippen molar-refractivity contribution in [1.82, 2.24) is 4.90 Å². The summed E-state index contributed by atoms with van der Waals surface area (Å²) < 4.78 is 10.5. The van der Waals surface area contributed by atoms with Gasteiger partial charge in [-0.2, -0.15) is 0 Å². The highest BCUT2D eigenvalue weighted by Gasteiger charge is 2.18. The molecule has 1 heterocycles. The first-order valence-electron chi connectivity index (χ1n) is 10.2. The minimum Gasteiger partial charge on any atom is -0.480 e. The Labute approximate surface area is 184 Å². The van der Waals surface area contributed by atoms with Crippen molar-refractivity contribution in [3.8, 4) is 0 Å². The van der Waals surface area contributed by atoms with E-state index in [-0.39, 0.29) is 19.0 Å². The van der Waals surface area contributed by atoms with Crippen LogP contribution in [0.15, 0.2) is 66.2 Å². The summed E-state index contributed by atoms with van der Waals surface area (Å²) in [7, 11) is 0. The van der Waals surface area contributed by atoms with E-state index in [4.69, 9.17) is 14.6 Å². The Kier molecular flexibility index (Phi) is 10.6. The molecule has 6 heteroatoms. The molecule has 0 aromatic heterocycles. The number of carbonyl (C=O) groups is 1. The highest BCUT2D eigenvalue weighted by atomic mass is 35.5. The number of nitrogens with zero attached hydrogens (tertiary/aromatic N) is 1. The molecule has 1 fully saturated rings. The summed E-state index contributed by atoms with van der Waals surface area (Å²) in [6.07, 6.45) is 2.11. The van der Waals surface area contributed by atoms with Crippen molar-refractivity contribution < 1.29 is 19.4 Å². The molecule has 3 rings (SSSR count). The first kappa shape index (κ1) is 24.1. The number of benzene rings is 2. The Balaban J connectivity index is 0.00000320. The molecule has 1 aliphatic rings. The van der Waals surface area contributed by atoms with E-state index in [1.165, 1.54) is 22.3 Å². The number of ether oxygens (including phenoxy) is 2. The zero-order valence-electron chi connectivity index (χ0n) is 17.2. The number of halogens is 1. The third-order valence-electron chi connectivity index (χ3n) is 5.09. The zero-order valence-corrected chi connectivity index (χ0v) is 18.0. The SMILES string of the molecule is Cl.O=C(O)COCCOCCN1CCC(=C(c2ccccc2)c2ccccc2)CC1. The van der Waals surface area contributed by atoms with Gasteiger partial charge in [0.15, 0.2) is 0 Å². The second-order valence-electron chi connectivity index (χ2n) is 7.11. The van der Waals surface area contributed by atoms with Crippen LogP contribution in [0.4, 0.5) is 0 Å². The topological polar surface area (TPSA) is 59.0 Å². The van der Waals surface area contributed by atoms with Crippen LogP contribution in [0.3, 0.4) is 0 Å². The molecule has 162 valence electrons. The van der Waals surface area contributed by atoms with Crippen LogP contribution in [0.25, 0.3) is 5.57 Å². The Morgan fingerprint density at radius 3 is 1.90 bits per heavy atom. The van der Waals surface area contributed by atoms with E-state index in [2.05, 4.69) is 65.6 Å². The normalized spacial score (nSPS) is 14.2. The molecular formula is C24H30ClNO4. The number of piperidine rings is 1. The summed E-state index contributed by atoms with van der Waals surface area (Å²) in [5, 5.41) is 8.52. The van der Waals surface area contributed by atoms with Crippen molar-refractivity contribution >= 4 is 23.9 Å². The standard InChI is InChI=1S/C24H29NO4.ClH/c26-23(27)19-29-18-17-28-16-15-25-13-11-22(12-14-25)24(20-7-3-1-4-8-20)21-9-5-2-6-10-21;/h1-10H,11-19H2,(H,26,27);1H. The van der Waals surface area contributed by atoms with Crippen LogP contribution in [0, 0.1) is 0 Å². The van der Waals surface area contributed by atoms with Gasteiger partial charge in [-0.25, -0.2) is 4.79 Å². The van der Waals surface area contributed by atoms with Crippen LogP contribution < -0.4 is 0 Å². The van der Waals surface area contributed by atoms with Crippen molar-refractivity contribution in [3.05, 3.63) is 77.4 Å². The molecule has 0 saturated carbocycles. The third-order valence-corrected chi connectivity index (χ3v) is 5.09. The van der Waals surface area contributed by atoms with Crippen LogP contribution in [0.5, 0.6) is 0 Å². The first-order valence-corrected chi connectivity index (χ1v) is 10.2. The molecule has 0 aliphatic carbocycles. The molecule has 0 radical (unpaired) electrons. The minimum atomic E-state index is -0.951. The fourth-order valence-electron chi connectivity index (χ4n) is 3.65. The fraction of sp³-hybridized carbons (Fsp3) is 0.375. The highest BCUT2D eigenvalue weighted by molar-refractivity contribution is 5.85. The molecule has 0 unspecified atom stereocenters. The van der Waals surface area contributed by atoms with Gasteiger partial charge in [-0.1, -0.05) is 66.2 Å². The van der Waals surface area contributed by atoms with Crippen LogP contribution >= 0.6 is 12.4 Å². The number of likely N-dealkylation sites (tertiary alicyclic amines) is 1. The van der Waals surface area contributed by atoms with Crippen molar-refractivity contribution in [2.24, 2.45) is 0 Å². The summed E-state index contributed by atoms with van der Waals surface area (Å²) in [5.41, 5.74) is 5.46.